The van der Waals surface area contributed by atoms with Crippen LogP contribution >= 0.6 is 0 Å². The van der Waals surface area contributed by atoms with Crippen molar-refractivity contribution in [3.63, 3.8) is 0 Å². The van der Waals surface area contributed by atoms with Crippen LogP contribution in [-0.2, 0) is 28.7 Å². The van der Waals surface area contributed by atoms with Crippen LogP contribution in [0.25, 0.3) is 0 Å². The summed E-state index contributed by atoms with van der Waals surface area (Å²) in [6.07, 6.45) is 4.07. The van der Waals surface area contributed by atoms with Gasteiger partial charge in [0.2, 0.25) is 10.4 Å². The van der Waals surface area contributed by atoms with Crippen molar-refractivity contribution in [3.8, 4) is 0 Å². The van der Waals surface area contributed by atoms with E-state index < -0.39 is 10.4 Å². The number of hydrogen-bond acceptors (Lipinski definition) is 4. The first kappa shape index (κ1) is 14.1. The van der Waals surface area contributed by atoms with E-state index in [-0.39, 0.29) is 6.61 Å². The lowest BCUT2D eigenvalue weighted by atomic mass is 10.7. The molecule has 15 heavy (non-hydrogen) atoms. The molecule has 0 aliphatic heterocycles. The molecule has 6 nitrogen and oxygen atoms in total. The van der Waals surface area contributed by atoms with Crippen molar-refractivity contribution in [2.24, 2.45) is 14.1 Å². The first-order valence-electron chi connectivity index (χ1n) is 4.35. The Morgan fingerprint density at radius 1 is 1.60 bits per heavy atom. The van der Waals surface area contributed by atoms with E-state index in [4.69, 9.17) is 0 Å². The fraction of sp³-hybridized carbons (Fsp3) is 0.625. The molecule has 0 bridgehead atoms. The molecule has 0 aliphatic rings. The summed E-state index contributed by atoms with van der Waals surface area (Å²) in [5.41, 5.74) is 0. The Morgan fingerprint density at radius 2 is 2.13 bits per heavy atom. The van der Waals surface area contributed by atoms with Crippen molar-refractivity contribution in [2.45, 2.75) is 13.8 Å². The normalized spacial score (nSPS) is 10.7. The summed E-state index contributed by atoms with van der Waals surface area (Å²) in [6.45, 7) is 3.42. The molecule has 0 N–H and O–H groups in total. The number of aromatic nitrogens is 2. The third-order valence-electron chi connectivity index (χ3n) is 1.80. The van der Waals surface area contributed by atoms with Gasteiger partial charge in [0.1, 0.15) is 12.4 Å². The van der Waals surface area contributed by atoms with Gasteiger partial charge in [0.25, 0.3) is 5.82 Å². The molecule has 0 spiro atoms. The van der Waals surface area contributed by atoms with Crippen LogP contribution in [-0.4, -0.2) is 24.1 Å². The molecule has 0 atom stereocenters. The van der Waals surface area contributed by atoms with Gasteiger partial charge in [-0.3, -0.25) is 4.18 Å². The average molecular weight is 236 g/mol. The van der Waals surface area contributed by atoms with E-state index in [1.54, 1.807) is 0 Å². The zero-order valence-electron chi connectivity index (χ0n) is 9.30. The monoisotopic (exact) mass is 236 g/mol. The summed E-state index contributed by atoms with van der Waals surface area (Å²) in [4.78, 5) is 0. The zero-order chi connectivity index (χ0) is 12.1. The highest BCUT2D eigenvalue weighted by molar-refractivity contribution is 7.80. The molecule has 0 saturated carbocycles. The molecule has 0 fully saturated rings. The van der Waals surface area contributed by atoms with Crippen molar-refractivity contribution >= 4 is 10.4 Å². The van der Waals surface area contributed by atoms with E-state index >= 15 is 0 Å². The molecule has 0 saturated heterocycles. The molecular weight excluding hydrogens is 220 g/mol. The van der Waals surface area contributed by atoms with Crippen LogP contribution in [0.3, 0.4) is 0 Å². The predicted molar refractivity (Wildman–Crippen MR) is 52.6 cm³/mol. The van der Waals surface area contributed by atoms with Gasteiger partial charge in [-0.2, -0.15) is 0 Å². The summed E-state index contributed by atoms with van der Waals surface area (Å²) in [5, 5.41) is 0. The van der Waals surface area contributed by atoms with Gasteiger partial charge in [-0.05, 0) is 6.92 Å². The maximum absolute atomic E-state index is 9.45. The van der Waals surface area contributed by atoms with Gasteiger partial charge in [0, 0.05) is 6.92 Å². The topological polar surface area (TPSA) is 75.2 Å². The first-order chi connectivity index (χ1) is 6.78. The van der Waals surface area contributed by atoms with E-state index in [2.05, 4.69) is 20.2 Å². The summed E-state index contributed by atoms with van der Waals surface area (Å²) >= 11 is 0. The Balaban J connectivity index is 0.000000265. The zero-order valence-corrected chi connectivity index (χ0v) is 10.1. The largest absolute Gasteiger partial charge is 0.726 e. The van der Waals surface area contributed by atoms with E-state index in [0.717, 1.165) is 0 Å². The molecule has 88 valence electrons. The Labute approximate surface area is 90.1 Å². The number of hydrogen-bond donors (Lipinski definition) is 0. The lowest BCUT2D eigenvalue weighted by molar-refractivity contribution is -0.677. The highest BCUT2D eigenvalue weighted by atomic mass is 32.3. The van der Waals surface area contributed by atoms with Crippen LogP contribution in [0.1, 0.15) is 12.7 Å². The minimum absolute atomic E-state index is 0.0914. The maximum Gasteiger partial charge on any atom is 0.252 e. The summed E-state index contributed by atoms with van der Waals surface area (Å²) < 4.78 is 36.2. The average Bonchev–Trinajstić information content (AvgIpc) is 2.35. The molecule has 1 aromatic heterocycles. The highest BCUT2D eigenvalue weighted by Crippen LogP contribution is 1.84. The van der Waals surface area contributed by atoms with Gasteiger partial charge >= 0.3 is 0 Å². The molecule has 0 unspecified atom stereocenters. The fourth-order valence-electron chi connectivity index (χ4n) is 0.809. The van der Waals surface area contributed by atoms with Crippen LogP contribution < -0.4 is 4.57 Å². The molecule has 0 aliphatic carbocycles. The smallest absolute Gasteiger partial charge is 0.252 e. The van der Waals surface area contributed by atoms with Gasteiger partial charge in [-0.1, -0.05) is 0 Å². The number of rotatable bonds is 2. The van der Waals surface area contributed by atoms with Gasteiger partial charge in [0.05, 0.1) is 20.7 Å². The van der Waals surface area contributed by atoms with Crippen molar-refractivity contribution in [1.82, 2.24) is 4.57 Å². The number of imidazole rings is 1. The molecular formula is C8H16N2O4S. The Hall–Kier alpha value is -0.920. The standard InChI is InChI=1S/C6H11N2.C2H6O4S/c1-6-7(2)4-5-8(6)3;1-2-6-7(3,4)5/h4-5H,1-3H3;2H2,1H3,(H,3,4,5)/q+1;/p-1. The number of aryl methyl sites for hydroxylation is 2. The molecule has 0 aromatic carbocycles. The molecule has 1 heterocycles. The molecule has 1 aromatic rings. The lowest BCUT2D eigenvalue weighted by Crippen LogP contribution is -2.29. The highest BCUT2D eigenvalue weighted by Gasteiger charge is 2.00. The van der Waals surface area contributed by atoms with Crippen molar-refractivity contribution in [2.75, 3.05) is 6.61 Å². The fourth-order valence-corrected chi connectivity index (χ4v) is 1.10. The SMILES string of the molecule is CCOS(=O)(=O)[O-].Cc1n(C)cc[n+]1C. The van der Waals surface area contributed by atoms with E-state index in [9.17, 15) is 13.0 Å². The van der Waals surface area contributed by atoms with Gasteiger partial charge in [-0.15, -0.1) is 0 Å². The van der Waals surface area contributed by atoms with E-state index in [0.29, 0.717) is 0 Å². The van der Waals surface area contributed by atoms with E-state index in [1.165, 1.54) is 12.7 Å². The van der Waals surface area contributed by atoms with Crippen molar-refractivity contribution in [3.05, 3.63) is 18.2 Å². The van der Waals surface area contributed by atoms with Gasteiger partial charge < -0.3 is 4.55 Å². The minimum atomic E-state index is -4.42. The van der Waals surface area contributed by atoms with Crippen LogP contribution in [0.4, 0.5) is 0 Å². The van der Waals surface area contributed by atoms with Gasteiger partial charge in [0.15, 0.2) is 0 Å². The van der Waals surface area contributed by atoms with Crippen LogP contribution in [0, 0.1) is 6.92 Å². The second-order valence-electron chi connectivity index (χ2n) is 2.88. The minimum Gasteiger partial charge on any atom is -0.726 e. The van der Waals surface area contributed by atoms with E-state index in [1.807, 2.05) is 26.5 Å². The first-order valence-corrected chi connectivity index (χ1v) is 5.69. The second-order valence-corrected chi connectivity index (χ2v) is 3.93. The van der Waals surface area contributed by atoms with Crippen molar-refractivity contribution < 1.29 is 21.7 Å². The van der Waals surface area contributed by atoms with Crippen LogP contribution in [0.2, 0.25) is 0 Å². The lowest BCUT2D eigenvalue weighted by Gasteiger charge is -2.02. The van der Waals surface area contributed by atoms with Crippen LogP contribution in [0.5, 0.6) is 0 Å². The summed E-state index contributed by atoms with van der Waals surface area (Å²) in [5.74, 6) is 1.27. The van der Waals surface area contributed by atoms with Gasteiger partial charge in [-0.25, -0.2) is 17.6 Å². The summed E-state index contributed by atoms with van der Waals surface area (Å²) in [6, 6.07) is 0. The second kappa shape index (κ2) is 5.84. The Morgan fingerprint density at radius 3 is 2.20 bits per heavy atom. The summed E-state index contributed by atoms with van der Waals surface area (Å²) in [7, 11) is -0.350. The molecule has 1 rings (SSSR count). The molecule has 7 heteroatoms. The third-order valence-corrected chi connectivity index (χ3v) is 2.32. The predicted octanol–water partition coefficient (Wildman–Crippen LogP) is -0.359. The van der Waals surface area contributed by atoms with Crippen LogP contribution in [0.15, 0.2) is 12.4 Å². The maximum atomic E-state index is 9.45. The quantitative estimate of drug-likeness (QED) is 0.399. The Bertz CT molecular complexity index is 377. The molecule has 0 radical (unpaired) electrons. The van der Waals surface area contributed by atoms with Crippen molar-refractivity contribution in [1.29, 1.82) is 0 Å². The number of nitrogens with zero attached hydrogens (tertiary/aromatic N) is 2. The molecule has 0 amide bonds. The third kappa shape index (κ3) is 6.21. The Kier molecular flexibility index (Phi) is 5.48.